The SMILES string of the molecule is CC.CC1CCCN(c2cc3c(cc2NC(=O)c2cnn4cccnc24)CC(CO)O3)CC1. The second-order valence-electron chi connectivity index (χ2n) is 8.53. The van der Waals surface area contributed by atoms with E-state index in [9.17, 15) is 9.90 Å². The van der Waals surface area contributed by atoms with Crippen LogP contribution in [0.5, 0.6) is 5.75 Å². The highest BCUT2D eigenvalue weighted by Gasteiger charge is 2.27. The molecule has 8 nitrogen and oxygen atoms in total. The molecule has 0 saturated carbocycles. The third-order valence-corrected chi connectivity index (χ3v) is 6.25. The molecule has 1 amide bonds. The maximum atomic E-state index is 13.2. The molecule has 2 aliphatic heterocycles. The molecule has 5 rings (SSSR count). The zero-order chi connectivity index (χ0) is 23.4. The average Bonchev–Trinajstić information content (AvgIpc) is 3.39. The van der Waals surface area contributed by atoms with Gasteiger partial charge in [0.1, 0.15) is 17.4 Å². The first kappa shape index (κ1) is 23.0. The van der Waals surface area contributed by atoms with Gasteiger partial charge in [-0.05, 0) is 37.3 Å². The molecule has 0 spiro atoms. The minimum absolute atomic E-state index is 0.0268. The number of fused-ring (bicyclic) bond motifs is 2. The average molecular weight is 452 g/mol. The van der Waals surface area contributed by atoms with Crippen LogP contribution in [0.3, 0.4) is 0 Å². The molecule has 1 saturated heterocycles. The van der Waals surface area contributed by atoms with Gasteiger partial charge in [0, 0.05) is 43.5 Å². The molecule has 8 heteroatoms. The quantitative estimate of drug-likeness (QED) is 0.625. The van der Waals surface area contributed by atoms with E-state index in [1.54, 1.807) is 29.2 Å². The fraction of sp³-hybridized carbons (Fsp3) is 0.480. The monoisotopic (exact) mass is 451 g/mol. The number of carbonyl (C=O) groups excluding carboxylic acids is 1. The highest BCUT2D eigenvalue weighted by molar-refractivity contribution is 6.09. The van der Waals surface area contributed by atoms with Crippen molar-refractivity contribution < 1.29 is 14.6 Å². The number of amides is 1. The number of nitrogens with one attached hydrogen (secondary N) is 1. The standard InChI is InChI=1S/C23H27N5O3.C2H6/c1-15-4-2-7-27(9-5-15)20-12-21-16(10-17(14-29)31-21)11-19(20)26-23(30)18-13-25-28-8-3-6-24-22(18)28;1-2/h3,6,8,11-13,15,17,29H,2,4-5,7,9-10,14H2,1H3,(H,26,30);1-2H3. The Bertz CT molecular complexity index is 1110. The van der Waals surface area contributed by atoms with Gasteiger partial charge in [-0.3, -0.25) is 4.79 Å². The normalized spacial score (nSPS) is 19.8. The smallest absolute Gasteiger partial charge is 0.261 e. The summed E-state index contributed by atoms with van der Waals surface area (Å²) in [5, 5.41) is 16.9. The fourth-order valence-electron chi connectivity index (χ4n) is 4.49. The van der Waals surface area contributed by atoms with E-state index in [2.05, 4.69) is 27.2 Å². The molecule has 4 heterocycles. The summed E-state index contributed by atoms with van der Waals surface area (Å²) in [5.74, 6) is 1.25. The number of anilines is 2. The van der Waals surface area contributed by atoms with Gasteiger partial charge < -0.3 is 20.1 Å². The van der Waals surface area contributed by atoms with Gasteiger partial charge >= 0.3 is 0 Å². The van der Waals surface area contributed by atoms with Crippen LogP contribution in [0.25, 0.3) is 5.65 Å². The van der Waals surface area contributed by atoms with Gasteiger partial charge in [-0.2, -0.15) is 5.10 Å². The van der Waals surface area contributed by atoms with Crippen molar-refractivity contribution in [2.75, 3.05) is 29.9 Å². The number of aliphatic hydroxyl groups is 1. The van der Waals surface area contributed by atoms with Crippen LogP contribution in [-0.4, -0.2) is 51.4 Å². The Morgan fingerprint density at radius 1 is 1.27 bits per heavy atom. The number of aromatic nitrogens is 3. The van der Waals surface area contributed by atoms with Gasteiger partial charge in [0.25, 0.3) is 5.91 Å². The number of rotatable bonds is 4. The van der Waals surface area contributed by atoms with E-state index in [1.807, 2.05) is 26.0 Å². The van der Waals surface area contributed by atoms with Crippen LogP contribution in [0, 0.1) is 5.92 Å². The molecular weight excluding hydrogens is 418 g/mol. The molecule has 2 unspecified atom stereocenters. The second-order valence-corrected chi connectivity index (χ2v) is 8.53. The minimum atomic E-state index is -0.240. The lowest BCUT2D eigenvalue weighted by molar-refractivity contribution is 0.102. The van der Waals surface area contributed by atoms with E-state index in [0.29, 0.717) is 23.5 Å². The van der Waals surface area contributed by atoms with E-state index >= 15 is 0 Å². The zero-order valence-electron chi connectivity index (χ0n) is 19.6. The number of nitrogens with zero attached hydrogens (tertiary/aromatic N) is 4. The van der Waals surface area contributed by atoms with Crippen molar-refractivity contribution in [3.05, 3.63) is 47.9 Å². The van der Waals surface area contributed by atoms with Gasteiger partial charge in [-0.1, -0.05) is 20.8 Å². The molecular formula is C25H33N5O3. The van der Waals surface area contributed by atoms with Crippen molar-refractivity contribution in [3.63, 3.8) is 0 Å². The van der Waals surface area contributed by atoms with Crippen molar-refractivity contribution in [2.45, 2.75) is 52.6 Å². The Kier molecular flexibility index (Phi) is 7.13. The summed E-state index contributed by atoms with van der Waals surface area (Å²) in [6.45, 7) is 8.14. The molecule has 176 valence electrons. The van der Waals surface area contributed by atoms with Crippen LogP contribution in [0.2, 0.25) is 0 Å². The summed E-state index contributed by atoms with van der Waals surface area (Å²) >= 11 is 0. The Morgan fingerprint density at radius 2 is 2.12 bits per heavy atom. The number of hydrogen-bond donors (Lipinski definition) is 2. The number of aliphatic hydroxyl groups excluding tert-OH is 1. The Hall–Kier alpha value is -3.13. The number of carbonyl (C=O) groups is 1. The first-order chi connectivity index (χ1) is 16.1. The zero-order valence-corrected chi connectivity index (χ0v) is 19.6. The largest absolute Gasteiger partial charge is 0.487 e. The van der Waals surface area contributed by atoms with E-state index in [-0.39, 0.29) is 18.6 Å². The van der Waals surface area contributed by atoms with Crippen molar-refractivity contribution in [1.29, 1.82) is 0 Å². The molecule has 2 aliphatic rings. The van der Waals surface area contributed by atoms with Crippen molar-refractivity contribution in [3.8, 4) is 5.75 Å². The first-order valence-electron chi connectivity index (χ1n) is 11.9. The topological polar surface area (TPSA) is 92.0 Å². The summed E-state index contributed by atoms with van der Waals surface area (Å²) in [6, 6.07) is 5.79. The maximum Gasteiger partial charge on any atom is 0.261 e. The van der Waals surface area contributed by atoms with E-state index in [4.69, 9.17) is 4.74 Å². The lowest BCUT2D eigenvalue weighted by Gasteiger charge is -2.26. The number of hydrogen-bond acceptors (Lipinski definition) is 6. The molecule has 2 aromatic heterocycles. The maximum absolute atomic E-state index is 13.2. The second kappa shape index (κ2) is 10.2. The van der Waals surface area contributed by atoms with Crippen molar-refractivity contribution in [2.24, 2.45) is 5.92 Å². The third kappa shape index (κ3) is 4.80. The predicted molar refractivity (Wildman–Crippen MR) is 129 cm³/mol. The molecule has 0 aliphatic carbocycles. The van der Waals surface area contributed by atoms with Gasteiger partial charge in [0.2, 0.25) is 0 Å². The Balaban J connectivity index is 0.00000126. The van der Waals surface area contributed by atoms with Crippen molar-refractivity contribution in [1.82, 2.24) is 14.6 Å². The summed E-state index contributed by atoms with van der Waals surface area (Å²) in [6.07, 6.45) is 8.80. The lowest BCUT2D eigenvalue weighted by atomic mass is 10.0. The van der Waals surface area contributed by atoms with Gasteiger partial charge in [0.05, 0.1) is 24.2 Å². The molecule has 1 fully saturated rings. The molecule has 2 N–H and O–H groups in total. The number of ether oxygens (including phenoxy) is 1. The summed E-state index contributed by atoms with van der Waals surface area (Å²) in [7, 11) is 0. The minimum Gasteiger partial charge on any atom is -0.487 e. The van der Waals surface area contributed by atoms with Gasteiger partial charge in [-0.25, -0.2) is 9.50 Å². The molecule has 2 atom stereocenters. The molecule has 1 aromatic carbocycles. The molecule has 0 radical (unpaired) electrons. The van der Waals surface area contributed by atoms with Crippen LogP contribution in [0.15, 0.2) is 36.8 Å². The highest BCUT2D eigenvalue weighted by atomic mass is 16.5. The highest BCUT2D eigenvalue weighted by Crippen LogP contribution is 2.39. The predicted octanol–water partition coefficient (Wildman–Crippen LogP) is 3.93. The third-order valence-electron chi connectivity index (χ3n) is 6.25. The summed E-state index contributed by atoms with van der Waals surface area (Å²) in [5.41, 5.74) is 3.68. The first-order valence-corrected chi connectivity index (χ1v) is 11.9. The van der Waals surface area contributed by atoms with Crippen LogP contribution in [-0.2, 0) is 6.42 Å². The molecule has 33 heavy (non-hydrogen) atoms. The summed E-state index contributed by atoms with van der Waals surface area (Å²) in [4.78, 5) is 19.8. The van der Waals surface area contributed by atoms with Gasteiger partial charge in [0.15, 0.2) is 5.65 Å². The van der Waals surface area contributed by atoms with E-state index in [1.165, 1.54) is 6.42 Å². The van der Waals surface area contributed by atoms with Crippen LogP contribution < -0.4 is 15.0 Å². The van der Waals surface area contributed by atoms with E-state index in [0.717, 1.165) is 48.6 Å². The Labute approximate surface area is 194 Å². The Morgan fingerprint density at radius 3 is 2.94 bits per heavy atom. The van der Waals surface area contributed by atoms with Crippen LogP contribution >= 0.6 is 0 Å². The molecule has 0 bridgehead atoms. The molecule has 3 aromatic rings. The lowest BCUT2D eigenvalue weighted by Crippen LogP contribution is -2.26. The summed E-state index contributed by atoms with van der Waals surface area (Å²) < 4.78 is 7.51. The fourth-order valence-corrected chi connectivity index (χ4v) is 4.49. The van der Waals surface area contributed by atoms with Crippen LogP contribution in [0.4, 0.5) is 11.4 Å². The van der Waals surface area contributed by atoms with Gasteiger partial charge in [-0.15, -0.1) is 0 Å². The van der Waals surface area contributed by atoms with E-state index < -0.39 is 0 Å². The van der Waals surface area contributed by atoms with Crippen LogP contribution in [0.1, 0.15) is 56.0 Å². The van der Waals surface area contributed by atoms with Crippen molar-refractivity contribution >= 4 is 22.9 Å². The number of benzene rings is 1.